The molecular weight excluding hydrogens is 475 g/mol. The lowest BCUT2D eigenvalue weighted by molar-refractivity contribution is 0.197. The molecule has 2 N–H and O–H groups in total. The first kappa shape index (κ1) is 23.4. The van der Waals surface area contributed by atoms with E-state index in [1.54, 1.807) is 0 Å². The first-order valence-corrected chi connectivity index (χ1v) is 10.2. The van der Waals surface area contributed by atoms with Gasteiger partial charge in [-0.2, -0.15) is 0 Å². The van der Waals surface area contributed by atoms with Crippen LogP contribution in [0.2, 0.25) is 0 Å². The number of rotatable bonds is 7. The molecule has 0 bridgehead atoms. The van der Waals surface area contributed by atoms with Crippen molar-refractivity contribution >= 4 is 35.6 Å². The van der Waals surface area contributed by atoms with Crippen LogP contribution < -0.4 is 15.5 Å². The number of hydrogen-bond acceptors (Lipinski definition) is 4. The van der Waals surface area contributed by atoms with Crippen molar-refractivity contribution in [2.24, 2.45) is 4.99 Å². The molecule has 1 atom stereocenters. The number of pyridine rings is 1. The number of para-hydroxylation sites is 1. The summed E-state index contributed by atoms with van der Waals surface area (Å²) in [4.78, 5) is 14.0. The summed E-state index contributed by atoms with van der Waals surface area (Å²) in [5, 5.41) is 6.81. The van der Waals surface area contributed by atoms with E-state index in [-0.39, 0.29) is 24.0 Å². The van der Waals surface area contributed by atoms with Gasteiger partial charge in [0.05, 0.1) is 12.2 Å². The van der Waals surface area contributed by atoms with Crippen LogP contribution in [0.25, 0.3) is 0 Å². The molecule has 7 heteroatoms. The lowest BCUT2D eigenvalue weighted by atomic mass is 10.2. The van der Waals surface area contributed by atoms with Crippen molar-refractivity contribution in [3.05, 3.63) is 60.4 Å². The summed E-state index contributed by atoms with van der Waals surface area (Å²) in [7, 11) is 0. The van der Waals surface area contributed by atoms with E-state index in [0.717, 1.165) is 50.9 Å². The third-order valence-electron chi connectivity index (χ3n) is 5.09. The van der Waals surface area contributed by atoms with Gasteiger partial charge in [-0.3, -0.25) is 9.88 Å². The quantitative estimate of drug-likeness (QED) is 0.342. The molecule has 1 saturated heterocycles. The van der Waals surface area contributed by atoms with Gasteiger partial charge in [0, 0.05) is 57.2 Å². The Hall–Kier alpha value is -1.87. The van der Waals surface area contributed by atoms with Crippen LogP contribution in [-0.4, -0.2) is 61.2 Å². The predicted molar refractivity (Wildman–Crippen MR) is 132 cm³/mol. The van der Waals surface area contributed by atoms with E-state index < -0.39 is 0 Å². The van der Waals surface area contributed by atoms with Gasteiger partial charge in [0.15, 0.2) is 5.96 Å². The minimum atomic E-state index is 0. The SMILES string of the molecule is CCNC(=NCc1ccccn1)NCC(C)N1CCN(c2ccccc2)CC1.I. The summed E-state index contributed by atoms with van der Waals surface area (Å²) in [5.41, 5.74) is 2.30. The highest BCUT2D eigenvalue weighted by molar-refractivity contribution is 14.0. The molecule has 1 aromatic carbocycles. The number of nitrogens with one attached hydrogen (secondary N) is 2. The molecule has 1 aliphatic rings. The number of aromatic nitrogens is 1. The van der Waals surface area contributed by atoms with Gasteiger partial charge in [-0.05, 0) is 38.1 Å². The molecule has 0 saturated carbocycles. The second kappa shape index (κ2) is 12.6. The van der Waals surface area contributed by atoms with Crippen molar-refractivity contribution in [1.82, 2.24) is 20.5 Å². The van der Waals surface area contributed by atoms with Gasteiger partial charge in [0.2, 0.25) is 0 Å². The maximum atomic E-state index is 4.66. The van der Waals surface area contributed by atoms with Crippen LogP contribution in [0, 0.1) is 0 Å². The largest absolute Gasteiger partial charge is 0.369 e. The van der Waals surface area contributed by atoms with E-state index in [9.17, 15) is 0 Å². The monoisotopic (exact) mass is 508 g/mol. The average Bonchev–Trinajstić information content (AvgIpc) is 2.77. The van der Waals surface area contributed by atoms with Gasteiger partial charge in [0.1, 0.15) is 0 Å². The van der Waals surface area contributed by atoms with E-state index in [4.69, 9.17) is 0 Å². The van der Waals surface area contributed by atoms with Gasteiger partial charge < -0.3 is 15.5 Å². The standard InChI is InChI=1S/C22H32N6.HI/c1-3-23-22(26-18-20-9-7-8-12-24-20)25-17-19(2)27-13-15-28(16-14-27)21-10-5-4-6-11-21;/h4-12,19H,3,13-18H2,1-2H3,(H2,23,25,26);1H. The highest BCUT2D eigenvalue weighted by Crippen LogP contribution is 2.16. The Morgan fingerprint density at radius 1 is 1.03 bits per heavy atom. The summed E-state index contributed by atoms with van der Waals surface area (Å²) < 4.78 is 0. The molecule has 2 heterocycles. The zero-order valence-electron chi connectivity index (χ0n) is 17.4. The molecule has 1 fully saturated rings. The molecule has 1 aromatic heterocycles. The Morgan fingerprint density at radius 3 is 2.41 bits per heavy atom. The van der Waals surface area contributed by atoms with Crippen LogP contribution in [-0.2, 0) is 6.54 Å². The number of halogens is 1. The van der Waals surface area contributed by atoms with Crippen LogP contribution in [0.5, 0.6) is 0 Å². The molecule has 1 aliphatic heterocycles. The van der Waals surface area contributed by atoms with E-state index in [1.807, 2.05) is 24.4 Å². The van der Waals surface area contributed by atoms with Crippen LogP contribution in [0.4, 0.5) is 5.69 Å². The second-order valence-corrected chi connectivity index (χ2v) is 7.10. The highest BCUT2D eigenvalue weighted by Gasteiger charge is 2.21. The summed E-state index contributed by atoms with van der Waals surface area (Å²) in [6.45, 7) is 11.0. The fourth-order valence-corrected chi connectivity index (χ4v) is 3.43. The molecule has 1 unspecified atom stereocenters. The van der Waals surface area contributed by atoms with Crippen molar-refractivity contribution in [3.8, 4) is 0 Å². The molecule has 29 heavy (non-hydrogen) atoms. The average molecular weight is 508 g/mol. The number of benzene rings is 1. The zero-order chi connectivity index (χ0) is 19.6. The van der Waals surface area contributed by atoms with Gasteiger partial charge >= 0.3 is 0 Å². The van der Waals surface area contributed by atoms with Crippen molar-refractivity contribution in [1.29, 1.82) is 0 Å². The van der Waals surface area contributed by atoms with E-state index in [1.165, 1.54) is 5.69 Å². The second-order valence-electron chi connectivity index (χ2n) is 7.10. The van der Waals surface area contributed by atoms with Gasteiger partial charge in [-0.25, -0.2) is 4.99 Å². The third kappa shape index (κ3) is 7.47. The number of hydrogen-bond donors (Lipinski definition) is 2. The highest BCUT2D eigenvalue weighted by atomic mass is 127. The fourth-order valence-electron chi connectivity index (χ4n) is 3.43. The third-order valence-corrected chi connectivity index (χ3v) is 5.09. The molecule has 0 amide bonds. The lowest BCUT2D eigenvalue weighted by Crippen LogP contribution is -2.53. The summed E-state index contributed by atoms with van der Waals surface area (Å²) in [6, 6.07) is 17.1. The van der Waals surface area contributed by atoms with Crippen molar-refractivity contribution < 1.29 is 0 Å². The van der Waals surface area contributed by atoms with Crippen LogP contribution in [0.15, 0.2) is 59.7 Å². The Labute approximate surface area is 191 Å². The first-order chi connectivity index (χ1) is 13.8. The number of nitrogens with zero attached hydrogens (tertiary/aromatic N) is 4. The molecule has 2 aromatic rings. The number of guanidine groups is 1. The Kier molecular flexibility index (Phi) is 10.2. The van der Waals surface area contributed by atoms with Crippen LogP contribution in [0.3, 0.4) is 0 Å². The normalized spacial score (nSPS) is 16.1. The van der Waals surface area contributed by atoms with Crippen LogP contribution >= 0.6 is 24.0 Å². The van der Waals surface area contributed by atoms with Gasteiger partial charge in [0.25, 0.3) is 0 Å². The van der Waals surface area contributed by atoms with Crippen molar-refractivity contribution in [3.63, 3.8) is 0 Å². The number of anilines is 1. The molecule has 0 aliphatic carbocycles. The Morgan fingerprint density at radius 2 is 1.76 bits per heavy atom. The molecule has 0 radical (unpaired) electrons. The smallest absolute Gasteiger partial charge is 0.191 e. The molecule has 0 spiro atoms. The molecule has 158 valence electrons. The predicted octanol–water partition coefficient (Wildman–Crippen LogP) is 2.97. The summed E-state index contributed by atoms with van der Waals surface area (Å²) in [6.07, 6.45) is 1.81. The van der Waals surface area contributed by atoms with E-state index in [0.29, 0.717) is 12.6 Å². The molecule has 6 nitrogen and oxygen atoms in total. The zero-order valence-corrected chi connectivity index (χ0v) is 19.8. The summed E-state index contributed by atoms with van der Waals surface area (Å²) in [5.74, 6) is 0.850. The first-order valence-electron chi connectivity index (χ1n) is 10.2. The minimum absolute atomic E-state index is 0. The van der Waals surface area contributed by atoms with Crippen molar-refractivity contribution in [2.75, 3.05) is 44.2 Å². The van der Waals surface area contributed by atoms with Gasteiger partial charge in [-0.1, -0.05) is 24.3 Å². The Bertz CT molecular complexity index is 717. The lowest BCUT2D eigenvalue weighted by Gasteiger charge is -2.39. The van der Waals surface area contributed by atoms with Crippen molar-refractivity contribution in [2.45, 2.75) is 26.4 Å². The topological polar surface area (TPSA) is 55.8 Å². The van der Waals surface area contributed by atoms with Crippen LogP contribution in [0.1, 0.15) is 19.5 Å². The minimum Gasteiger partial charge on any atom is -0.369 e. The van der Waals surface area contributed by atoms with E-state index >= 15 is 0 Å². The van der Waals surface area contributed by atoms with E-state index in [2.05, 4.69) is 74.6 Å². The number of piperazine rings is 1. The summed E-state index contributed by atoms with van der Waals surface area (Å²) >= 11 is 0. The number of aliphatic imine (C=N–C) groups is 1. The molecular formula is C22H33IN6. The fraction of sp³-hybridized carbons (Fsp3) is 0.455. The maximum absolute atomic E-state index is 4.66. The maximum Gasteiger partial charge on any atom is 0.191 e. The van der Waals surface area contributed by atoms with Gasteiger partial charge in [-0.15, -0.1) is 24.0 Å². The Balaban J connectivity index is 0.00000300. The molecule has 3 rings (SSSR count).